The van der Waals surface area contributed by atoms with E-state index in [0.29, 0.717) is 13.2 Å². The molecule has 1 aliphatic heterocycles. The largest absolute Gasteiger partial charge is 0.389 e. The molecule has 0 aliphatic carbocycles. The lowest BCUT2D eigenvalue weighted by Crippen LogP contribution is -2.51. The topological polar surface area (TPSA) is 50.7 Å². The van der Waals surface area contributed by atoms with E-state index in [-0.39, 0.29) is 5.54 Å². The van der Waals surface area contributed by atoms with Crippen LogP contribution in [0.2, 0.25) is 0 Å². The van der Waals surface area contributed by atoms with Crippen LogP contribution in [-0.4, -0.2) is 50.2 Å². The molecule has 0 spiro atoms. The molecular formula is C10H21NO3. The van der Waals surface area contributed by atoms with Gasteiger partial charge in [0.25, 0.3) is 0 Å². The van der Waals surface area contributed by atoms with E-state index in [9.17, 15) is 5.11 Å². The predicted octanol–water partition coefficient (Wildman–Crippen LogP) is 0.152. The summed E-state index contributed by atoms with van der Waals surface area (Å²) in [5.74, 6) is 0. The van der Waals surface area contributed by atoms with Crippen molar-refractivity contribution in [1.29, 1.82) is 0 Å². The summed E-state index contributed by atoms with van der Waals surface area (Å²) in [7, 11) is 1.59. The molecule has 84 valence electrons. The van der Waals surface area contributed by atoms with Crippen molar-refractivity contribution in [1.82, 2.24) is 5.32 Å². The fourth-order valence-electron chi connectivity index (χ4n) is 1.69. The Bertz CT molecular complexity index is 157. The number of hydrogen-bond donors (Lipinski definition) is 2. The van der Waals surface area contributed by atoms with Crippen LogP contribution >= 0.6 is 0 Å². The van der Waals surface area contributed by atoms with Gasteiger partial charge in [0.2, 0.25) is 0 Å². The molecule has 1 saturated heterocycles. The van der Waals surface area contributed by atoms with Crippen molar-refractivity contribution in [2.45, 2.75) is 31.4 Å². The van der Waals surface area contributed by atoms with E-state index in [1.54, 1.807) is 7.11 Å². The summed E-state index contributed by atoms with van der Waals surface area (Å²) in [6.45, 7) is 4.66. The first-order valence-electron chi connectivity index (χ1n) is 5.16. The molecule has 0 saturated carbocycles. The summed E-state index contributed by atoms with van der Waals surface area (Å²) in [6, 6.07) is 0. The molecule has 0 bridgehead atoms. The van der Waals surface area contributed by atoms with Gasteiger partial charge in [0.1, 0.15) is 0 Å². The number of aliphatic hydroxyl groups is 1. The Morgan fingerprint density at radius 1 is 1.64 bits per heavy atom. The van der Waals surface area contributed by atoms with Gasteiger partial charge < -0.3 is 19.9 Å². The van der Waals surface area contributed by atoms with E-state index in [1.165, 1.54) is 0 Å². The Morgan fingerprint density at radius 2 is 2.43 bits per heavy atom. The highest BCUT2D eigenvalue weighted by molar-refractivity contribution is 4.86. The van der Waals surface area contributed by atoms with Gasteiger partial charge in [0.15, 0.2) is 0 Å². The van der Waals surface area contributed by atoms with Crippen LogP contribution in [-0.2, 0) is 9.47 Å². The maximum atomic E-state index is 9.47. The molecule has 2 unspecified atom stereocenters. The lowest BCUT2D eigenvalue weighted by Gasteiger charge is -2.35. The van der Waals surface area contributed by atoms with Gasteiger partial charge in [-0.2, -0.15) is 0 Å². The molecule has 0 radical (unpaired) electrons. The van der Waals surface area contributed by atoms with Gasteiger partial charge >= 0.3 is 0 Å². The van der Waals surface area contributed by atoms with Crippen molar-refractivity contribution >= 4 is 0 Å². The third-order valence-electron chi connectivity index (χ3n) is 2.56. The van der Waals surface area contributed by atoms with Crippen molar-refractivity contribution in [2.75, 3.05) is 33.5 Å². The SMILES string of the molecule is COCC(O)CNC1(C)CCCOC1. The average Bonchev–Trinajstić information content (AvgIpc) is 2.17. The predicted molar refractivity (Wildman–Crippen MR) is 54.3 cm³/mol. The van der Waals surface area contributed by atoms with E-state index >= 15 is 0 Å². The molecule has 1 heterocycles. The third-order valence-corrected chi connectivity index (χ3v) is 2.56. The number of nitrogens with one attached hydrogen (secondary N) is 1. The second-order valence-corrected chi connectivity index (χ2v) is 4.21. The third kappa shape index (κ3) is 3.92. The molecule has 0 amide bonds. The van der Waals surface area contributed by atoms with E-state index in [2.05, 4.69) is 12.2 Å². The minimum absolute atomic E-state index is 0.0208. The highest BCUT2D eigenvalue weighted by atomic mass is 16.5. The zero-order valence-corrected chi connectivity index (χ0v) is 9.08. The van der Waals surface area contributed by atoms with Gasteiger partial charge in [-0.1, -0.05) is 0 Å². The van der Waals surface area contributed by atoms with Crippen LogP contribution in [0.25, 0.3) is 0 Å². The number of β-amino-alcohol motifs (C(OH)–C–C–N with tert-alkyl or cyclic N) is 1. The summed E-state index contributed by atoms with van der Waals surface area (Å²) >= 11 is 0. The van der Waals surface area contributed by atoms with Crippen molar-refractivity contribution in [3.8, 4) is 0 Å². The summed E-state index contributed by atoms with van der Waals surface area (Å²) < 4.78 is 10.3. The second kappa shape index (κ2) is 5.66. The molecule has 1 aliphatic rings. The molecule has 0 aromatic rings. The first-order valence-corrected chi connectivity index (χ1v) is 5.16. The van der Waals surface area contributed by atoms with Crippen LogP contribution in [0.3, 0.4) is 0 Å². The van der Waals surface area contributed by atoms with Crippen LogP contribution in [0.1, 0.15) is 19.8 Å². The lowest BCUT2D eigenvalue weighted by atomic mass is 9.95. The van der Waals surface area contributed by atoms with Crippen LogP contribution < -0.4 is 5.32 Å². The van der Waals surface area contributed by atoms with E-state index in [1.807, 2.05) is 0 Å². The summed E-state index contributed by atoms with van der Waals surface area (Å²) in [5.41, 5.74) is 0.0208. The lowest BCUT2D eigenvalue weighted by molar-refractivity contribution is 0.0131. The first kappa shape index (κ1) is 11.9. The number of hydrogen-bond acceptors (Lipinski definition) is 4. The van der Waals surface area contributed by atoms with E-state index in [4.69, 9.17) is 9.47 Å². The Labute approximate surface area is 85.6 Å². The van der Waals surface area contributed by atoms with Gasteiger partial charge in [-0.3, -0.25) is 0 Å². The number of methoxy groups -OCH3 is 1. The van der Waals surface area contributed by atoms with Crippen LogP contribution in [0.4, 0.5) is 0 Å². The normalized spacial score (nSPS) is 30.2. The summed E-state index contributed by atoms with van der Waals surface area (Å²) in [4.78, 5) is 0. The Morgan fingerprint density at radius 3 is 3.00 bits per heavy atom. The number of ether oxygens (including phenoxy) is 2. The minimum atomic E-state index is -0.432. The molecule has 2 N–H and O–H groups in total. The van der Waals surface area contributed by atoms with Gasteiger partial charge in [-0.25, -0.2) is 0 Å². The molecule has 14 heavy (non-hydrogen) atoms. The highest BCUT2D eigenvalue weighted by Crippen LogP contribution is 2.17. The van der Waals surface area contributed by atoms with Gasteiger partial charge in [0.05, 0.1) is 19.3 Å². The van der Waals surface area contributed by atoms with Crippen LogP contribution in [0.5, 0.6) is 0 Å². The molecule has 1 fully saturated rings. The summed E-state index contributed by atoms with van der Waals surface area (Å²) in [5, 5.41) is 12.8. The fraction of sp³-hybridized carbons (Fsp3) is 1.00. The zero-order chi connectivity index (χ0) is 10.4. The summed E-state index contributed by atoms with van der Waals surface area (Å²) in [6.07, 6.45) is 1.76. The monoisotopic (exact) mass is 203 g/mol. The molecular weight excluding hydrogens is 182 g/mol. The highest BCUT2D eigenvalue weighted by Gasteiger charge is 2.27. The molecule has 2 atom stereocenters. The molecule has 4 nitrogen and oxygen atoms in total. The quantitative estimate of drug-likeness (QED) is 0.668. The average molecular weight is 203 g/mol. The molecule has 0 aromatic carbocycles. The number of aliphatic hydroxyl groups excluding tert-OH is 1. The second-order valence-electron chi connectivity index (χ2n) is 4.21. The number of rotatable bonds is 5. The van der Waals surface area contributed by atoms with Crippen LogP contribution in [0.15, 0.2) is 0 Å². The zero-order valence-electron chi connectivity index (χ0n) is 9.08. The smallest absolute Gasteiger partial charge is 0.0897 e. The van der Waals surface area contributed by atoms with E-state index < -0.39 is 6.10 Å². The molecule has 0 aromatic heterocycles. The van der Waals surface area contributed by atoms with Gasteiger partial charge in [-0.05, 0) is 19.8 Å². The van der Waals surface area contributed by atoms with Gasteiger partial charge in [-0.15, -0.1) is 0 Å². The Kier molecular flexibility index (Phi) is 4.81. The maximum Gasteiger partial charge on any atom is 0.0897 e. The Hall–Kier alpha value is -0.160. The van der Waals surface area contributed by atoms with Crippen molar-refractivity contribution in [3.63, 3.8) is 0 Å². The van der Waals surface area contributed by atoms with Crippen molar-refractivity contribution in [2.24, 2.45) is 0 Å². The van der Waals surface area contributed by atoms with E-state index in [0.717, 1.165) is 26.1 Å². The molecule has 1 rings (SSSR count). The standard InChI is InChI=1S/C10H21NO3/c1-10(4-3-5-14-8-10)11-6-9(12)7-13-2/h9,11-12H,3-8H2,1-2H3. The van der Waals surface area contributed by atoms with Crippen LogP contribution in [0, 0.1) is 0 Å². The van der Waals surface area contributed by atoms with Gasteiger partial charge in [0, 0.05) is 25.8 Å². The fourth-order valence-corrected chi connectivity index (χ4v) is 1.69. The maximum absolute atomic E-state index is 9.47. The van der Waals surface area contributed by atoms with Crippen molar-refractivity contribution in [3.05, 3.63) is 0 Å². The Balaban J connectivity index is 2.21. The molecule has 4 heteroatoms. The van der Waals surface area contributed by atoms with Crippen molar-refractivity contribution < 1.29 is 14.6 Å². The first-order chi connectivity index (χ1) is 6.66. The minimum Gasteiger partial charge on any atom is -0.389 e.